The minimum Gasteiger partial charge on any atom is -0.465 e. The number of aryl methyl sites for hydroxylation is 1. The molecule has 0 aromatic carbocycles. The number of ether oxygens (including phenoxy) is 2. The van der Waals surface area contributed by atoms with Crippen molar-refractivity contribution in [1.82, 2.24) is 15.5 Å². The number of hydrogen-bond donors (Lipinski definition) is 2. The highest BCUT2D eigenvalue weighted by molar-refractivity contribution is 5.79. The van der Waals surface area contributed by atoms with Crippen molar-refractivity contribution in [2.24, 2.45) is 4.99 Å². The first-order valence-electron chi connectivity index (χ1n) is 9.13. The Balaban J connectivity index is 2.02. The maximum absolute atomic E-state index is 5.90. The van der Waals surface area contributed by atoms with Gasteiger partial charge in [0.2, 0.25) is 0 Å². The van der Waals surface area contributed by atoms with E-state index >= 15 is 0 Å². The van der Waals surface area contributed by atoms with Crippen LogP contribution in [0.2, 0.25) is 0 Å². The molecule has 1 aliphatic rings. The number of morpholine rings is 1. The number of nitrogens with one attached hydrogen (secondary N) is 2. The molecule has 1 saturated heterocycles. The Hall–Kier alpha value is -1.57. The van der Waals surface area contributed by atoms with Crippen LogP contribution in [0.3, 0.4) is 0 Å². The Bertz CT molecular complexity index is 512. The van der Waals surface area contributed by atoms with Crippen molar-refractivity contribution in [3.63, 3.8) is 0 Å². The molecule has 0 bridgehead atoms. The smallest absolute Gasteiger partial charge is 0.191 e. The van der Waals surface area contributed by atoms with Crippen molar-refractivity contribution in [3.05, 3.63) is 23.7 Å². The van der Waals surface area contributed by atoms with Gasteiger partial charge in [0, 0.05) is 39.9 Å². The third kappa shape index (κ3) is 6.68. The van der Waals surface area contributed by atoms with Gasteiger partial charge in [0.25, 0.3) is 0 Å². The van der Waals surface area contributed by atoms with E-state index in [9.17, 15) is 0 Å². The van der Waals surface area contributed by atoms with E-state index in [1.807, 2.05) is 13.0 Å². The molecular formula is C18H32N4O3. The van der Waals surface area contributed by atoms with Crippen LogP contribution in [0.5, 0.6) is 0 Å². The first kappa shape index (κ1) is 19.8. The molecule has 0 aliphatic carbocycles. The summed E-state index contributed by atoms with van der Waals surface area (Å²) in [6, 6.07) is 4.21. The largest absolute Gasteiger partial charge is 0.465 e. The lowest BCUT2D eigenvalue weighted by molar-refractivity contribution is 0.0135. The number of hydrogen-bond acceptors (Lipinski definition) is 5. The summed E-state index contributed by atoms with van der Waals surface area (Å²) in [5, 5.41) is 6.65. The third-order valence-corrected chi connectivity index (χ3v) is 4.16. The second-order valence-electron chi connectivity index (χ2n) is 6.11. The Kier molecular flexibility index (Phi) is 8.79. The first-order valence-corrected chi connectivity index (χ1v) is 9.13. The number of methoxy groups -OCH3 is 1. The summed E-state index contributed by atoms with van der Waals surface area (Å²) in [6.07, 6.45) is 0.950. The maximum Gasteiger partial charge on any atom is 0.191 e. The highest BCUT2D eigenvalue weighted by atomic mass is 16.5. The minimum absolute atomic E-state index is 0.132. The monoisotopic (exact) mass is 352 g/mol. The zero-order chi connectivity index (χ0) is 17.9. The van der Waals surface area contributed by atoms with E-state index in [0.29, 0.717) is 6.54 Å². The van der Waals surface area contributed by atoms with E-state index in [1.54, 1.807) is 7.11 Å². The van der Waals surface area contributed by atoms with Crippen molar-refractivity contribution in [2.45, 2.75) is 26.3 Å². The van der Waals surface area contributed by atoms with Crippen molar-refractivity contribution < 1.29 is 13.9 Å². The zero-order valence-electron chi connectivity index (χ0n) is 15.7. The van der Waals surface area contributed by atoms with Gasteiger partial charge in [-0.3, -0.25) is 9.89 Å². The van der Waals surface area contributed by atoms with Gasteiger partial charge in [0.1, 0.15) is 11.5 Å². The molecule has 25 heavy (non-hydrogen) atoms. The molecule has 7 nitrogen and oxygen atoms in total. The van der Waals surface area contributed by atoms with Gasteiger partial charge < -0.3 is 24.5 Å². The van der Waals surface area contributed by atoms with Crippen LogP contribution in [0.4, 0.5) is 0 Å². The molecule has 2 N–H and O–H groups in total. The summed E-state index contributed by atoms with van der Waals surface area (Å²) in [4.78, 5) is 7.17. The van der Waals surface area contributed by atoms with Gasteiger partial charge in [-0.1, -0.05) is 0 Å². The SMILES string of the molecule is CCNC(=NCC(c1ccc(C)o1)N1CCOCC1)NCCCOC. The van der Waals surface area contributed by atoms with Crippen molar-refractivity contribution >= 4 is 5.96 Å². The fraction of sp³-hybridized carbons (Fsp3) is 0.722. The second-order valence-corrected chi connectivity index (χ2v) is 6.11. The van der Waals surface area contributed by atoms with Crippen LogP contribution in [-0.2, 0) is 9.47 Å². The molecule has 0 spiro atoms. The van der Waals surface area contributed by atoms with Crippen LogP contribution < -0.4 is 10.6 Å². The molecule has 1 aromatic rings. The average Bonchev–Trinajstić information content (AvgIpc) is 3.06. The summed E-state index contributed by atoms with van der Waals surface area (Å²) >= 11 is 0. The lowest BCUT2D eigenvalue weighted by Crippen LogP contribution is -2.42. The standard InChI is InChI=1S/C18H32N4O3/c1-4-19-18(20-8-5-11-23-3)21-14-16(17-7-6-15(2)25-17)22-9-12-24-13-10-22/h6-7,16H,4-5,8-14H2,1-3H3,(H2,19,20,21). The Labute approximate surface area is 150 Å². The molecule has 2 rings (SSSR count). The summed E-state index contributed by atoms with van der Waals surface area (Å²) in [6.45, 7) is 10.4. The maximum atomic E-state index is 5.90. The van der Waals surface area contributed by atoms with E-state index in [-0.39, 0.29) is 6.04 Å². The van der Waals surface area contributed by atoms with Crippen molar-refractivity contribution in [2.75, 3.05) is 59.7 Å². The fourth-order valence-electron chi connectivity index (χ4n) is 2.85. The highest BCUT2D eigenvalue weighted by Gasteiger charge is 2.25. The quantitative estimate of drug-likeness (QED) is 0.399. The number of guanidine groups is 1. The van der Waals surface area contributed by atoms with Gasteiger partial charge >= 0.3 is 0 Å². The number of aliphatic imine (C=N–C) groups is 1. The lowest BCUT2D eigenvalue weighted by Gasteiger charge is -2.32. The fourth-order valence-corrected chi connectivity index (χ4v) is 2.85. The van der Waals surface area contributed by atoms with Crippen LogP contribution in [0.1, 0.15) is 30.9 Å². The highest BCUT2D eigenvalue weighted by Crippen LogP contribution is 2.24. The van der Waals surface area contributed by atoms with Gasteiger partial charge in [-0.25, -0.2) is 0 Å². The summed E-state index contributed by atoms with van der Waals surface area (Å²) in [5.41, 5.74) is 0. The third-order valence-electron chi connectivity index (χ3n) is 4.16. The van der Waals surface area contributed by atoms with Crippen LogP contribution in [0.15, 0.2) is 21.5 Å². The van der Waals surface area contributed by atoms with E-state index in [1.165, 1.54) is 0 Å². The number of furan rings is 1. The predicted molar refractivity (Wildman–Crippen MR) is 99.1 cm³/mol. The van der Waals surface area contributed by atoms with Gasteiger partial charge in [0.15, 0.2) is 5.96 Å². The molecule has 1 aliphatic heterocycles. The topological polar surface area (TPSA) is 71.3 Å². The zero-order valence-corrected chi connectivity index (χ0v) is 15.7. The van der Waals surface area contributed by atoms with Gasteiger partial charge in [-0.05, 0) is 32.4 Å². The average molecular weight is 352 g/mol. The molecule has 2 heterocycles. The van der Waals surface area contributed by atoms with Crippen molar-refractivity contribution in [3.8, 4) is 0 Å². The molecule has 0 radical (unpaired) electrons. The van der Waals surface area contributed by atoms with E-state index in [4.69, 9.17) is 18.9 Å². The summed E-state index contributed by atoms with van der Waals surface area (Å²) in [5.74, 6) is 2.74. The molecule has 1 unspecified atom stereocenters. The molecule has 7 heteroatoms. The summed E-state index contributed by atoms with van der Waals surface area (Å²) in [7, 11) is 1.72. The Morgan fingerprint density at radius 1 is 1.32 bits per heavy atom. The Morgan fingerprint density at radius 2 is 2.12 bits per heavy atom. The molecule has 1 fully saturated rings. The lowest BCUT2D eigenvalue weighted by atomic mass is 10.1. The van der Waals surface area contributed by atoms with Crippen molar-refractivity contribution in [1.29, 1.82) is 0 Å². The van der Waals surface area contributed by atoms with E-state index in [0.717, 1.165) is 69.9 Å². The molecule has 1 atom stereocenters. The van der Waals surface area contributed by atoms with Gasteiger partial charge in [-0.2, -0.15) is 0 Å². The molecule has 1 aromatic heterocycles. The molecule has 0 saturated carbocycles. The number of nitrogens with zero attached hydrogens (tertiary/aromatic N) is 2. The van der Waals surface area contributed by atoms with Crippen LogP contribution in [0, 0.1) is 6.92 Å². The predicted octanol–water partition coefficient (Wildman–Crippen LogP) is 1.55. The van der Waals surface area contributed by atoms with E-state index in [2.05, 4.69) is 28.5 Å². The number of rotatable bonds is 9. The molecular weight excluding hydrogens is 320 g/mol. The minimum atomic E-state index is 0.132. The molecule has 0 amide bonds. The van der Waals surface area contributed by atoms with Crippen LogP contribution >= 0.6 is 0 Å². The van der Waals surface area contributed by atoms with Crippen LogP contribution in [0.25, 0.3) is 0 Å². The first-order chi connectivity index (χ1) is 12.2. The summed E-state index contributed by atoms with van der Waals surface area (Å²) < 4.78 is 16.5. The second kappa shape index (κ2) is 11.1. The van der Waals surface area contributed by atoms with E-state index < -0.39 is 0 Å². The molecule has 142 valence electrons. The van der Waals surface area contributed by atoms with Crippen LogP contribution in [-0.4, -0.2) is 70.5 Å². The normalized spacial score (nSPS) is 17.5. The Morgan fingerprint density at radius 3 is 2.76 bits per heavy atom. The van der Waals surface area contributed by atoms with Gasteiger partial charge in [-0.15, -0.1) is 0 Å². The van der Waals surface area contributed by atoms with Gasteiger partial charge in [0.05, 0.1) is 25.8 Å².